The Kier molecular flexibility index (Phi) is 7.76. The summed E-state index contributed by atoms with van der Waals surface area (Å²) >= 11 is 1.55. The maximum Gasteiger partial charge on any atom is 0.233 e. The standard InChI is InChI=1S/C19H29NO3S/c1-14(19(21)20-15-9-7-5-4-6-8-10-15)24-16-11-12-17(22-2)18(13-16)23-3/h11-15H,4-10H2,1-3H3,(H,20,21)/t14-/m0/s1. The van der Waals surface area contributed by atoms with Gasteiger partial charge >= 0.3 is 0 Å². The first-order chi connectivity index (χ1) is 11.6. The molecule has 1 aromatic carbocycles. The van der Waals surface area contributed by atoms with Gasteiger partial charge in [0.15, 0.2) is 11.5 Å². The molecule has 4 nitrogen and oxygen atoms in total. The van der Waals surface area contributed by atoms with Crippen LogP contribution in [-0.4, -0.2) is 31.4 Å². The van der Waals surface area contributed by atoms with Gasteiger partial charge in [-0.25, -0.2) is 0 Å². The molecule has 5 heteroatoms. The van der Waals surface area contributed by atoms with Crippen molar-refractivity contribution in [1.29, 1.82) is 0 Å². The summed E-state index contributed by atoms with van der Waals surface area (Å²) in [6.07, 6.45) is 8.60. The first-order valence-corrected chi connectivity index (χ1v) is 9.71. The third-order valence-electron chi connectivity index (χ3n) is 4.49. The van der Waals surface area contributed by atoms with E-state index < -0.39 is 0 Å². The zero-order valence-electron chi connectivity index (χ0n) is 15.0. The number of benzene rings is 1. The normalized spacial score (nSPS) is 17.5. The quantitative estimate of drug-likeness (QED) is 0.771. The van der Waals surface area contributed by atoms with Gasteiger partial charge in [-0.1, -0.05) is 32.1 Å². The number of ether oxygens (including phenoxy) is 2. The molecule has 0 radical (unpaired) electrons. The van der Waals surface area contributed by atoms with Gasteiger partial charge < -0.3 is 14.8 Å². The molecular formula is C19H29NO3S. The molecule has 0 bridgehead atoms. The van der Waals surface area contributed by atoms with E-state index in [0.717, 1.165) is 17.7 Å². The van der Waals surface area contributed by atoms with E-state index in [1.54, 1.807) is 26.0 Å². The maximum atomic E-state index is 12.5. The van der Waals surface area contributed by atoms with Gasteiger partial charge in [0.2, 0.25) is 5.91 Å². The summed E-state index contributed by atoms with van der Waals surface area (Å²) < 4.78 is 10.6. The van der Waals surface area contributed by atoms with Crippen molar-refractivity contribution in [3.63, 3.8) is 0 Å². The Hall–Kier alpha value is -1.36. The summed E-state index contributed by atoms with van der Waals surface area (Å²) in [6.45, 7) is 1.96. The Morgan fingerprint density at radius 2 is 1.71 bits per heavy atom. The van der Waals surface area contributed by atoms with Crippen LogP contribution in [0.15, 0.2) is 23.1 Å². The zero-order chi connectivity index (χ0) is 17.4. The summed E-state index contributed by atoms with van der Waals surface area (Å²) in [6, 6.07) is 6.10. The summed E-state index contributed by atoms with van der Waals surface area (Å²) in [7, 11) is 3.24. The van der Waals surface area contributed by atoms with Crippen molar-refractivity contribution in [2.75, 3.05) is 14.2 Å². The molecule has 24 heavy (non-hydrogen) atoms. The maximum absolute atomic E-state index is 12.5. The Labute approximate surface area is 149 Å². The molecule has 1 fully saturated rings. The number of nitrogens with one attached hydrogen (secondary N) is 1. The second kappa shape index (κ2) is 9.82. The van der Waals surface area contributed by atoms with Crippen LogP contribution < -0.4 is 14.8 Å². The lowest BCUT2D eigenvalue weighted by atomic mass is 9.97. The molecule has 2 rings (SSSR count). The number of methoxy groups -OCH3 is 2. The van der Waals surface area contributed by atoms with E-state index in [0.29, 0.717) is 17.5 Å². The van der Waals surface area contributed by atoms with Crippen molar-refractivity contribution in [3.8, 4) is 11.5 Å². The molecule has 1 N–H and O–H groups in total. The highest BCUT2D eigenvalue weighted by Crippen LogP contribution is 2.33. The Morgan fingerprint density at radius 1 is 1.08 bits per heavy atom. The Bertz CT molecular complexity index is 527. The molecule has 0 aromatic heterocycles. The van der Waals surface area contributed by atoms with Gasteiger partial charge in [0.1, 0.15) is 0 Å². The molecule has 0 heterocycles. The van der Waals surface area contributed by atoms with Gasteiger partial charge in [-0.3, -0.25) is 4.79 Å². The Morgan fingerprint density at radius 3 is 2.33 bits per heavy atom. The van der Waals surface area contributed by atoms with Crippen LogP contribution in [0.5, 0.6) is 11.5 Å². The fourth-order valence-corrected chi connectivity index (χ4v) is 3.97. The highest BCUT2D eigenvalue weighted by Gasteiger charge is 2.20. The van der Waals surface area contributed by atoms with Crippen LogP contribution in [-0.2, 0) is 4.79 Å². The van der Waals surface area contributed by atoms with E-state index in [-0.39, 0.29) is 11.2 Å². The van der Waals surface area contributed by atoms with Crippen molar-refractivity contribution in [3.05, 3.63) is 18.2 Å². The number of carbonyl (C=O) groups excluding carboxylic acids is 1. The molecule has 0 spiro atoms. The lowest BCUT2D eigenvalue weighted by molar-refractivity contribution is -0.121. The highest BCUT2D eigenvalue weighted by molar-refractivity contribution is 8.00. The van der Waals surface area contributed by atoms with E-state index in [9.17, 15) is 4.79 Å². The number of rotatable bonds is 6. The van der Waals surface area contributed by atoms with Gasteiger partial charge in [-0.15, -0.1) is 11.8 Å². The fourth-order valence-electron chi connectivity index (χ4n) is 3.07. The Balaban J connectivity index is 1.90. The molecule has 0 unspecified atom stereocenters. The third-order valence-corrected chi connectivity index (χ3v) is 5.58. The van der Waals surface area contributed by atoms with Gasteiger partial charge in [0.05, 0.1) is 19.5 Å². The zero-order valence-corrected chi connectivity index (χ0v) is 15.8. The monoisotopic (exact) mass is 351 g/mol. The second-order valence-corrected chi connectivity index (χ2v) is 7.74. The van der Waals surface area contributed by atoms with E-state index in [1.165, 1.54) is 32.1 Å². The van der Waals surface area contributed by atoms with E-state index in [4.69, 9.17) is 9.47 Å². The van der Waals surface area contributed by atoms with Gasteiger partial charge in [-0.05, 0) is 38.0 Å². The minimum Gasteiger partial charge on any atom is -0.493 e. The molecule has 1 saturated carbocycles. The minimum atomic E-state index is -0.131. The average Bonchev–Trinajstić information content (AvgIpc) is 2.56. The van der Waals surface area contributed by atoms with E-state index in [1.807, 2.05) is 25.1 Å². The number of carbonyl (C=O) groups is 1. The van der Waals surface area contributed by atoms with Crippen LogP contribution in [0.2, 0.25) is 0 Å². The molecule has 1 aromatic rings. The van der Waals surface area contributed by atoms with Gasteiger partial charge in [-0.2, -0.15) is 0 Å². The molecule has 0 saturated heterocycles. The van der Waals surface area contributed by atoms with Crippen LogP contribution in [0.25, 0.3) is 0 Å². The van der Waals surface area contributed by atoms with Crippen LogP contribution in [0.1, 0.15) is 51.9 Å². The van der Waals surface area contributed by atoms with Crippen molar-refractivity contribution in [1.82, 2.24) is 5.32 Å². The lowest BCUT2D eigenvalue weighted by Crippen LogP contribution is -2.39. The summed E-state index contributed by atoms with van der Waals surface area (Å²) in [5.74, 6) is 1.52. The molecule has 1 aliphatic carbocycles. The van der Waals surface area contributed by atoms with Crippen LogP contribution in [0, 0.1) is 0 Å². The molecule has 1 aliphatic rings. The SMILES string of the molecule is COc1ccc(S[C@@H](C)C(=O)NC2CCCCCCC2)cc1OC. The van der Waals surface area contributed by atoms with Crippen molar-refractivity contribution in [2.45, 2.75) is 68.1 Å². The van der Waals surface area contributed by atoms with Crippen LogP contribution in [0.4, 0.5) is 0 Å². The predicted octanol–water partition coefficient (Wildman–Crippen LogP) is 4.41. The van der Waals surface area contributed by atoms with Gasteiger partial charge in [0, 0.05) is 10.9 Å². The summed E-state index contributed by atoms with van der Waals surface area (Å²) in [5.41, 5.74) is 0. The van der Waals surface area contributed by atoms with Crippen LogP contribution >= 0.6 is 11.8 Å². The number of thioether (sulfide) groups is 1. The average molecular weight is 352 g/mol. The number of hydrogen-bond donors (Lipinski definition) is 1. The largest absolute Gasteiger partial charge is 0.493 e. The van der Waals surface area contributed by atoms with Crippen molar-refractivity contribution in [2.24, 2.45) is 0 Å². The molecule has 0 aliphatic heterocycles. The molecule has 1 amide bonds. The van der Waals surface area contributed by atoms with Crippen LogP contribution in [0.3, 0.4) is 0 Å². The first kappa shape index (κ1) is 19.0. The second-order valence-electron chi connectivity index (χ2n) is 6.33. The number of amides is 1. The summed E-state index contributed by atoms with van der Waals surface area (Å²) in [5, 5.41) is 3.11. The smallest absolute Gasteiger partial charge is 0.233 e. The number of hydrogen-bond acceptors (Lipinski definition) is 4. The minimum absolute atomic E-state index is 0.125. The topological polar surface area (TPSA) is 47.6 Å². The van der Waals surface area contributed by atoms with Gasteiger partial charge in [0.25, 0.3) is 0 Å². The predicted molar refractivity (Wildman–Crippen MR) is 99.1 cm³/mol. The van der Waals surface area contributed by atoms with Crippen molar-refractivity contribution < 1.29 is 14.3 Å². The first-order valence-electron chi connectivity index (χ1n) is 8.83. The lowest BCUT2D eigenvalue weighted by Gasteiger charge is -2.23. The molecule has 134 valence electrons. The highest BCUT2D eigenvalue weighted by atomic mass is 32.2. The van der Waals surface area contributed by atoms with Crippen molar-refractivity contribution >= 4 is 17.7 Å². The molecular weight excluding hydrogens is 322 g/mol. The fraction of sp³-hybridized carbons (Fsp3) is 0.632. The third kappa shape index (κ3) is 5.62. The molecule has 1 atom stereocenters. The summed E-state index contributed by atoms with van der Waals surface area (Å²) in [4.78, 5) is 13.5. The van der Waals surface area contributed by atoms with E-state index >= 15 is 0 Å². The van der Waals surface area contributed by atoms with E-state index in [2.05, 4.69) is 5.32 Å².